The minimum absolute atomic E-state index is 0.410. The van der Waals surface area contributed by atoms with Gasteiger partial charge in [0.2, 0.25) is 0 Å². The van der Waals surface area contributed by atoms with Gasteiger partial charge in [0, 0.05) is 30.9 Å². The lowest BCUT2D eigenvalue weighted by molar-refractivity contribution is 0.00598. The standard InChI is InChI=1S/C17H24N4O/c1-3-4-16-11-15(9-10-22-16)19-14-7-5-13(6-8-14)17-18-12-21(2)20-17/h5-8,12,15-16,19H,3-4,9-11H2,1-2H3/t15-,16+/m1/s1. The fraction of sp³-hybridized carbons (Fsp3) is 0.529. The molecule has 1 aliphatic heterocycles. The van der Waals surface area contributed by atoms with Crippen molar-refractivity contribution in [3.63, 3.8) is 0 Å². The quantitative estimate of drug-likeness (QED) is 0.921. The predicted octanol–water partition coefficient (Wildman–Crippen LogP) is 3.24. The van der Waals surface area contributed by atoms with Gasteiger partial charge in [-0.15, -0.1) is 0 Å². The number of benzene rings is 1. The minimum Gasteiger partial charge on any atom is -0.382 e. The van der Waals surface area contributed by atoms with Crippen molar-refractivity contribution in [2.45, 2.75) is 44.8 Å². The highest BCUT2D eigenvalue weighted by atomic mass is 16.5. The Morgan fingerprint density at radius 2 is 2.14 bits per heavy atom. The lowest BCUT2D eigenvalue weighted by atomic mass is 10.00. The molecular formula is C17H24N4O. The maximum absolute atomic E-state index is 5.81. The topological polar surface area (TPSA) is 52.0 Å². The number of rotatable bonds is 5. The molecular weight excluding hydrogens is 276 g/mol. The Hall–Kier alpha value is -1.88. The van der Waals surface area contributed by atoms with Gasteiger partial charge in [0.05, 0.1) is 6.10 Å². The van der Waals surface area contributed by atoms with Crippen LogP contribution >= 0.6 is 0 Å². The van der Waals surface area contributed by atoms with Gasteiger partial charge in [0.1, 0.15) is 6.33 Å². The lowest BCUT2D eigenvalue weighted by Crippen LogP contribution is -2.33. The van der Waals surface area contributed by atoms with Crippen LogP contribution in [0, 0.1) is 0 Å². The van der Waals surface area contributed by atoms with E-state index in [9.17, 15) is 0 Å². The first-order valence-corrected chi connectivity index (χ1v) is 8.09. The van der Waals surface area contributed by atoms with Crippen molar-refractivity contribution < 1.29 is 4.74 Å². The van der Waals surface area contributed by atoms with E-state index in [0.717, 1.165) is 42.9 Å². The third-order valence-corrected chi connectivity index (χ3v) is 4.09. The molecule has 1 aromatic carbocycles. The molecule has 5 nitrogen and oxygen atoms in total. The highest BCUT2D eigenvalue weighted by Crippen LogP contribution is 2.23. The van der Waals surface area contributed by atoms with E-state index in [-0.39, 0.29) is 0 Å². The van der Waals surface area contributed by atoms with Crippen LogP contribution < -0.4 is 5.32 Å². The zero-order chi connectivity index (χ0) is 15.4. The number of nitrogens with one attached hydrogen (secondary N) is 1. The third-order valence-electron chi connectivity index (χ3n) is 4.09. The molecule has 1 N–H and O–H groups in total. The molecule has 2 aromatic rings. The smallest absolute Gasteiger partial charge is 0.181 e. The van der Waals surface area contributed by atoms with Crippen LogP contribution in [0.1, 0.15) is 32.6 Å². The van der Waals surface area contributed by atoms with E-state index >= 15 is 0 Å². The average Bonchev–Trinajstić information content (AvgIpc) is 2.95. The summed E-state index contributed by atoms with van der Waals surface area (Å²) in [5.74, 6) is 0.767. The van der Waals surface area contributed by atoms with Crippen LogP contribution in [0.2, 0.25) is 0 Å². The van der Waals surface area contributed by atoms with Gasteiger partial charge < -0.3 is 10.1 Å². The van der Waals surface area contributed by atoms with Gasteiger partial charge in [-0.25, -0.2) is 4.98 Å². The summed E-state index contributed by atoms with van der Waals surface area (Å²) in [6.07, 6.45) is 6.64. The monoisotopic (exact) mass is 300 g/mol. The van der Waals surface area contributed by atoms with Crippen LogP contribution in [0.3, 0.4) is 0 Å². The number of hydrogen-bond acceptors (Lipinski definition) is 4. The molecule has 1 saturated heterocycles. The first-order valence-electron chi connectivity index (χ1n) is 8.09. The van der Waals surface area contributed by atoms with E-state index < -0.39 is 0 Å². The molecule has 118 valence electrons. The van der Waals surface area contributed by atoms with Gasteiger partial charge in [-0.3, -0.25) is 4.68 Å². The number of aryl methyl sites for hydroxylation is 1. The van der Waals surface area contributed by atoms with Gasteiger partial charge in [-0.2, -0.15) is 5.10 Å². The number of aromatic nitrogens is 3. The van der Waals surface area contributed by atoms with E-state index in [1.54, 1.807) is 11.0 Å². The second-order valence-corrected chi connectivity index (χ2v) is 5.97. The summed E-state index contributed by atoms with van der Waals surface area (Å²) in [7, 11) is 1.88. The van der Waals surface area contributed by atoms with Gasteiger partial charge in [0.25, 0.3) is 0 Å². The van der Waals surface area contributed by atoms with Crippen LogP contribution in [0.5, 0.6) is 0 Å². The number of hydrogen-bond donors (Lipinski definition) is 1. The number of anilines is 1. The molecule has 0 saturated carbocycles. The summed E-state index contributed by atoms with van der Waals surface area (Å²) in [5, 5.41) is 7.95. The molecule has 22 heavy (non-hydrogen) atoms. The normalized spacial score (nSPS) is 21.7. The SMILES string of the molecule is CCC[C@H]1C[C@H](Nc2ccc(-c3ncn(C)n3)cc2)CCO1. The number of ether oxygens (including phenoxy) is 1. The van der Waals surface area contributed by atoms with E-state index in [2.05, 4.69) is 46.6 Å². The van der Waals surface area contributed by atoms with Crippen molar-refractivity contribution in [2.24, 2.45) is 7.05 Å². The fourth-order valence-electron chi connectivity index (χ4n) is 2.96. The number of nitrogens with zero attached hydrogens (tertiary/aromatic N) is 3. The molecule has 0 unspecified atom stereocenters. The van der Waals surface area contributed by atoms with Crippen LogP contribution in [-0.2, 0) is 11.8 Å². The second-order valence-electron chi connectivity index (χ2n) is 5.97. The van der Waals surface area contributed by atoms with Crippen molar-refractivity contribution in [2.75, 3.05) is 11.9 Å². The minimum atomic E-state index is 0.410. The first-order chi connectivity index (χ1) is 10.7. The average molecular weight is 300 g/mol. The first kappa shape index (κ1) is 15.0. The predicted molar refractivity (Wildman–Crippen MR) is 87.7 cm³/mol. The maximum Gasteiger partial charge on any atom is 0.181 e. The second kappa shape index (κ2) is 6.92. The Morgan fingerprint density at radius 1 is 1.32 bits per heavy atom. The Morgan fingerprint density at radius 3 is 2.82 bits per heavy atom. The lowest BCUT2D eigenvalue weighted by Gasteiger charge is -2.30. The Kier molecular flexibility index (Phi) is 4.73. The molecule has 0 aliphatic carbocycles. The van der Waals surface area contributed by atoms with Gasteiger partial charge >= 0.3 is 0 Å². The van der Waals surface area contributed by atoms with Crippen LogP contribution in [0.4, 0.5) is 5.69 Å². The molecule has 0 bridgehead atoms. The highest BCUT2D eigenvalue weighted by molar-refractivity contribution is 5.59. The molecule has 1 aromatic heterocycles. The van der Waals surface area contributed by atoms with Crippen LogP contribution in [0.25, 0.3) is 11.4 Å². The zero-order valence-electron chi connectivity index (χ0n) is 13.3. The van der Waals surface area contributed by atoms with E-state index in [1.807, 2.05) is 7.05 Å². The van der Waals surface area contributed by atoms with Gasteiger partial charge in [-0.05, 0) is 43.5 Å². The van der Waals surface area contributed by atoms with E-state index in [1.165, 1.54) is 6.42 Å². The van der Waals surface area contributed by atoms with Crippen molar-refractivity contribution in [3.8, 4) is 11.4 Å². The van der Waals surface area contributed by atoms with E-state index in [4.69, 9.17) is 4.74 Å². The largest absolute Gasteiger partial charge is 0.382 e. The van der Waals surface area contributed by atoms with Crippen molar-refractivity contribution >= 4 is 5.69 Å². The molecule has 2 atom stereocenters. The Balaban J connectivity index is 1.61. The summed E-state index contributed by atoms with van der Waals surface area (Å²) in [5.41, 5.74) is 2.20. The zero-order valence-corrected chi connectivity index (χ0v) is 13.3. The summed E-state index contributed by atoms with van der Waals surface area (Å²) >= 11 is 0. The van der Waals surface area contributed by atoms with Crippen molar-refractivity contribution in [3.05, 3.63) is 30.6 Å². The summed E-state index contributed by atoms with van der Waals surface area (Å²) in [6, 6.07) is 8.86. The van der Waals surface area contributed by atoms with E-state index in [0.29, 0.717) is 12.1 Å². The molecule has 3 rings (SSSR count). The van der Waals surface area contributed by atoms with Crippen molar-refractivity contribution in [1.29, 1.82) is 0 Å². The molecule has 2 heterocycles. The molecule has 1 aliphatic rings. The highest BCUT2D eigenvalue weighted by Gasteiger charge is 2.21. The molecule has 5 heteroatoms. The maximum atomic E-state index is 5.81. The fourth-order valence-corrected chi connectivity index (χ4v) is 2.96. The molecule has 0 amide bonds. The van der Waals surface area contributed by atoms with Crippen molar-refractivity contribution in [1.82, 2.24) is 14.8 Å². The summed E-state index contributed by atoms with van der Waals surface area (Å²) in [4.78, 5) is 4.28. The Labute approximate surface area is 131 Å². The molecule has 1 fully saturated rings. The molecule has 0 radical (unpaired) electrons. The van der Waals surface area contributed by atoms with Gasteiger partial charge in [-0.1, -0.05) is 13.3 Å². The van der Waals surface area contributed by atoms with Crippen LogP contribution in [0.15, 0.2) is 30.6 Å². The third kappa shape index (κ3) is 3.65. The summed E-state index contributed by atoms with van der Waals surface area (Å²) in [6.45, 7) is 3.07. The Bertz CT molecular complexity index is 591. The summed E-state index contributed by atoms with van der Waals surface area (Å²) < 4.78 is 7.53. The van der Waals surface area contributed by atoms with Crippen LogP contribution in [-0.4, -0.2) is 33.5 Å². The van der Waals surface area contributed by atoms with Gasteiger partial charge in [0.15, 0.2) is 5.82 Å². The molecule has 0 spiro atoms.